The molecule has 1 atom stereocenters. The summed E-state index contributed by atoms with van der Waals surface area (Å²) in [6.45, 7) is 0.110. The molecule has 0 saturated carbocycles. The number of rotatable bonds is 9. The lowest BCUT2D eigenvalue weighted by Crippen LogP contribution is -2.28. The average Bonchev–Trinajstić information content (AvgIpc) is 3.39. The third-order valence-corrected chi connectivity index (χ3v) is 4.81. The Morgan fingerprint density at radius 3 is 2.68 bits per heavy atom. The summed E-state index contributed by atoms with van der Waals surface area (Å²) in [7, 11) is 1.57. The van der Waals surface area contributed by atoms with Crippen molar-refractivity contribution in [2.45, 2.75) is 31.9 Å². The Labute approximate surface area is 178 Å². The molecular weight excluding hydrogens is 402 g/mol. The SMILES string of the molecule is COc1cc(CCCC2NC(=O)OC2=O)ccc1OCc1nc(-c2ccccc2)no1. The number of nitrogens with one attached hydrogen (secondary N) is 1. The van der Waals surface area contributed by atoms with Gasteiger partial charge in [0.25, 0.3) is 5.89 Å². The molecule has 1 aliphatic rings. The maximum Gasteiger partial charge on any atom is 0.415 e. The summed E-state index contributed by atoms with van der Waals surface area (Å²) in [6.07, 6.45) is 1.23. The van der Waals surface area contributed by atoms with Crippen LogP contribution >= 0.6 is 0 Å². The monoisotopic (exact) mass is 423 g/mol. The molecule has 1 N–H and O–H groups in total. The van der Waals surface area contributed by atoms with Crippen molar-refractivity contribution in [3.8, 4) is 22.9 Å². The molecule has 3 aromatic rings. The van der Waals surface area contributed by atoms with Crippen LogP contribution in [0.1, 0.15) is 24.3 Å². The second kappa shape index (κ2) is 9.29. The van der Waals surface area contributed by atoms with Crippen LogP contribution in [0.5, 0.6) is 11.5 Å². The Balaban J connectivity index is 1.32. The summed E-state index contributed by atoms with van der Waals surface area (Å²) >= 11 is 0. The Hall–Kier alpha value is -3.88. The number of aromatic nitrogens is 2. The lowest BCUT2D eigenvalue weighted by molar-refractivity contribution is -0.135. The maximum atomic E-state index is 11.5. The van der Waals surface area contributed by atoms with E-state index in [0.29, 0.717) is 42.5 Å². The Kier molecular flexibility index (Phi) is 6.11. The molecule has 1 amide bonds. The van der Waals surface area contributed by atoms with Gasteiger partial charge in [0.05, 0.1) is 7.11 Å². The lowest BCUT2D eigenvalue weighted by Gasteiger charge is -2.11. The second-order valence-electron chi connectivity index (χ2n) is 6.95. The van der Waals surface area contributed by atoms with E-state index >= 15 is 0 Å². The van der Waals surface area contributed by atoms with Crippen molar-refractivity contribution >= 4 is 12.1 Å². The van der Waals surface area contributed by atoms with Crippen molar-refractivity contribution in [2.24, 2.45) is 0 Å². The van der Waals surface area contributed by atoms with E-state index in [1.165, 1.54) is 0 Å². The summed E-state index contributed by atoms with van der Waals surface area (Å²) in [4.78, 5) is 26.9. The predicted octanol–water partition coefficient (Wildman–Crippen LogP) is 3.28. The van der Waals surface area contributed by atoms with E-state index in [2.05, 4.69) is 20.2 Å². The average molecular weight is 423 g/mol. The minimum Gasteiger partial charge on any atom is -0.493 e. The van der Waals surface area contributed by atoms with Crippen molar-refractivity contribution in [3.05, 3.63) is 60.0 Å². The molecule has 1 unspecified atom stereocenters. The number of nitrogens with zero attached hydrogens (tertiary/aromatic N) is 2. The number of benzene rings is 2. The predicted molar refractivity (Wildman–Crippen MR) is 108 cm³/mol. The van der Waals surface area contributed by atoms with E-state index in [-0.39, 0.29) is 6.61 Å². The van der Waals surface area contributed by atoms with Gasteiger partial charge in [-0.2, -0.15) is 4.98 Å². The molecular formula is C22H21N3O6. The van der Waals surface area contributed by atoms with Gasteiger partial charge in [-0.05, 0) is 37.0 Å². The molecule has 1 aliphatic heterocycles. The van der Waals surface area contributed by atoms with Crippen molar-refractivity contribution in [1.29, 1.82) is 0 Å². The fraction of sp³-hybridized carbons (Fsp3) is 0.273. The van der Waals surface area contributed by atoms with Crippen molar-refractivity contribution in [3.63, 3.8) is 0 Å². The quantitative estimate of drug-likeness (QED) is 0.412. The number of hydrogen-bond acceptors (Lipinski definition) is 8. The summed E-state index contributed by atoms with van der Waals surface area (Å²) in [6, 6.07) is 14.6. The molecule has 2 aromatic carbocycles. The lowest BCUT2D eigenvalue weighted by atomic mass is 10.0. The van der Waals surface area contributed by atoms with Crippen molar-refractivity contribution in [1.82, 2.24) is 15.5 Å². The first-order valence-corrected chi connectivity index (χ1v) is 9.82. The van der Waals surface area contributed by atoms with E-state index in [4.69, 9.17) is 14.0 Å². The van der Waals surface area contributed by atoms with Crippen LogP contribution in [0.4, 0.5) is 4.79 Å². The molecule has 0 bridgehead atoms. The minimum atomic E-state index is -0.685. The fourth-order valence-electron chi connectivity index (χ4n) is 3.24. The van der Waals surface area contributed by atoms with Crippen molar-refractivity contribution < 1.29 is 28.3 Å². The van der Waals surface area contributed by atoms with Gasteiger partial charge in [-0.3, -0.25) is 0 Å². The molecule has 1 aromatic heterocycles. The van der Waals surface area contributed by atoms with Gasteiger partial charge < -0.3 is 24.1 Å². The van der Waals surface area contributed by atoms with Crippen LogP contribution in [0.25, 0.3) is 11.4 Å². The zero-order valence-electron chi connectivity index (χ0n) is 16.9. The molecule has 0 spiro atoms. The van der Waals surface area contributed by atoms with E-state index in [0.717, 1.165) is 11.1 Å². The van der Waals surface area contributed by atoms with Gasteiger partial charge in [-0.15, -0.1) is 0 Å². The number of aryl methyl sites for hydroxylation is 1. The highest BCUT2D eigenvalue weighted by molar-refractivity contribution is 5.95. The summed E-state index contributed by atoms with van der Waals surface area (Å²) in [5.74, 6) is 1.47. The first-order valence-electron chi connectivity index (χ1n) is 9.82. The smallest absolute Gasteiger partial charge is 0.415 e. The minimum absolute atomic E-state index is 0.110. The molecule has 9 nitrogen and oxygen atoms in total. The number of methoxy groups -OCH3 is 1. The normalized spacial score (nSPS) is 15.5. The van der Waals surface area contributed by atoms with E-state index in [1.807, 2.05) is 48.5 Å². The number of alkyl carbamates (subject to hydrolysis) is 1. The third kappa shape index (κ3) is 5.00. The number of ether oxygens (including phenoxy) is 3. The van der Waals surface area contributed by atoms with Gasteiger partial charge in [0.2, 0.25) is 5.82 Å². The summed E-state index contributed by atoms with van der Waals surface area (Å²) in [5.41, 5.74) is 1.89. The van der Waals surface area contributed by atoms with Crippen molar-refractivity contribution in [2.75, 3.05) is 7.11 Å². The number of carbonyl (C=O) groups is 2. The van der Waals surface area contributed by atoms with E-state index in [1.54, 1.807) is 7.11 Å². The summed E-state index contributed by atoms with van der Waals surface area (Å²) in [5, 5.41) is 6.47. The first kappa shape index (κ1) is 20.4. The topological polar surface area (TPSA) is 113 Å². The van der Waals surface area contributed by atoms with Gasteiger partial charge in [0.1, 0.15) is 6.04 Å². The first-order chi connectivity index (χ1) is 15.1. The second-order valence-corrected chi connectivity index (χ2v) is 6.95. The number of cyclic esters (lactones) is 2. The Bertz CT molecular complexity index is 1070. The standard InChI is InChI=1S/C22H21N3O6/c1-28-18-12-14(6-5-9-16-21(26)30-22(27)23-16)10-11-17(18)29-13-19-24-20(25-31-19)15-7-3-2-4-8-15/h2-4,7-8,10-12,16H,5-6,9,13H2,1H3,(H,23,27). The van der Waals surface area contributed by atoms with Gasteiger partial charge in [-0.1, -0.05) is 41.6 Å². The van der Waals surface area contributed by atoms with Crippen LogP contribution in [0.2, 0.25) is 0 Å². The Morgan fingerprint density at radius 1 is 1.10 bits per heavy atom. The molecule has 9 heteroatoms. The molecule has 2 heterocycles. The molecule has 4 rings (SSSR count). The van der Waals surface area contributed by atoms with Gasteiger partial charge >= 0.3 is 12.1 Å². The van der Waals surface area contributed by atoms with Crippen LogP contribution < -0.4 is 14.8 Å². The van der Waals surface area contributed by atoms with Gasteiger partial charge in [0, 0.05) is 5.56 Å². The van der Waals surface area contributed by atoms with Crippen LogP contribution in [0.3, 0.4) is 0 Å². The van der Waals surface area contributed by atoms with E-state index < -0.39 is 18.1 Å². The zero-order chi connectivity index (χ0) is 21.6. The molecule has 0 aliphatic carbocycles. The molecule has 1 fully saturated rings. The van der Waals surface area contributed by atoms with Gasteiger partial charge in [0.15, 0.2) is 18.1 Å². The highest BCUT2D eigenvalue weighted by atomic mass is 16.6. The van der Waals surface area contributed by atoms with Crippen LogP contribution in [0, 0.1) is 0 Å². The Morgan fingerprint density at radius 2 is 1.94 bits per heavy atom. The number of hydrogen-bond donors (Lipinski definition) is 1. The fourth-order valence-corrected chi connectivity index (χ4v) is 3.24. The van der Waals surface area contributed by atoms with Crippen LogP contribution in [-0.4, -0.2) is 35.4 Å². The highest BCUT2D eigenvalue weighted by Gasteiger charge is 2.31. The molecule has 1 saturated heterocycles. The third-order valence-electron chi connectivity index (χ3n) is 4.81. The van der Waals surface area contributed by atoms with Crippen LogP contribution in [0.15, 0.2) is 53.1 Å². The van der Waals surface area contributed by atoms with E-state index in [9.17, 15) is 9.59 Å². The number of esters is 1. The summed E-state index contributed by atoms with van der Waals surface area (Å²) < 4.78 is 21.0. The molecule has 160 valence electrons. The van der Waals surface area contributed by atoms with Crippen LogP contribution in [-0.2, 0) is 22.6 Å². The van der Waals surface area contributed by atoms with Gasteiger partial charge in [-0.25, -0.2) is 9.59 Å². The molecule has 0 radical (unpaired) electrons. The maximum absolute atomic E-state index is 11.5. The molecule has 31 heavy (non-hydrogen) atoms. The zero-order valence-corrected chi connectivity index (χ0v) is 16.9. The largest absolute Gasteiger partial charge is 0.493 e. The highest BCUT2D eigenvalue weighted by Crippen LogP contribution is 2.29. The number of carbonyl (C=O) groups excluding carboxylic acids is 2. The number of amides is 1.